The third-order valence-corrected chi connectivity index (χ3v) is 7.27. The molecule has 0 radical (unpaired) electrons. The van der Waals surface area contributed by atoms with Crippen LogP contribution < -0.4 is 10.6 Å². The molecule has 0 aliphatic carbocycles. The second kappa shape index (κ2) is 14.1. The molecule has 0 unspecified atom stereocenters. The minimum absolute atomic E-state index is 0.217. The number of hydrogen-bond acceptors (Lipinski definition) is 6. The standard InChI is InChI=1S/C30H32Cl2N4O4/c1-19-25(27(35-39-19)21-13-7-9-15-23(21)31)29(37)33-17-11-5-3-4-6-12-18-34-30(38)26-20(2)40-36-28(26)22-14-8-10-16-24(22)32/h7-10,13-16H,3-6,11-12,17-18H2,1-2H3,(H,33,37)(H,34,38). The van der Waals surface area contributed by atoms with Gasteiger partial charge in [0.2, 0.25) is 0 Å². The first-order valence-electron chi connectivity index (χ1n) is 13.4. The largest absolute Gasteiger partial charge is 0.360 e. The molecular weight excluding hydrogens is 551 g/mol. The molecule has 10 heteroatoms. The van der Waals surface area contributed by atoms with Crippen LogP contribution in [0.2, 0.25) is 10.0 Å². The maximum atomic E-state index is 12.8. The maximum Gasteiger partial charge on any atom is 0.257 e. The molecule has 2 N–H and O–H groups in total. The summed E-state index contributed by atoms with van der Waals surface area (Å²) in [6, 6.07) is 14.5. The number of nitrogens with one attached hydrogen (secondary N) is 2. The third kappa shape index (κ3) is 7.11. The molecule has 4 aromatic rings. The van der Waals surface area contributed by atoms with Gasteiger partial charge in [0.15, 0.2) is 0 Å². The molecule has 40 heavy (non-hydrogen) atoms. The SMILES string of the molecule is Cc1onc(-c2ccccc2Cl)c1C(=O)NCCCCCCCCNC(=O)c1c(-c2ccccc2Cl)noc1C. The minimum Gasteiger partial charge on any atom is -0.360 e. The molecule has 0 bridgehead atoms. The quantitative estimate of drug-likeness (QED) is 0.159. The van der Waals surface area contributed by atoms with E-state index in [2.05, 4.69) is 20.9 Å². The van der Waals surface area contributed by atoms with Crippen LogP contribution in [0.15, 0.2) is 57.6 Å². The predicted molar refractivity (Wildman–Crippen MR) is 156 cm³/mol. The highest BCUT2D eigenvalue weighted by atomic mass is 35.5. The van der Waals surface area contributed by atoms with E-state index in [9.17, 15) is 9.59 Å². The summed E-state index contributed by atoms with van der Waals surface area (Å²) in [5.41, 5.74) is 3.06. The van der Waals surface area contributed by atoms with E-state index < -0.39 is 0 Å². The molecule has 0 saturated carbocycles. The molecule has 2 aromatic carbocycles. The molecular formula is C30H32Cl2N4O4. The molecule has 0 saturated heterocycles. The van der Waals surface area contributed by atoms with E-state index in [0.717, 1.165) is 38.5 Å². The first-order valence-corrected chi connectivity index (χ1v) is 14.1. The van der Waals surface area contributed by atoms with Gasteiger partial charge in [0, 0.05) is 24.2 Å². The monoisotopic (exact) mass is 582 g/mol. The van der Waals surface area contributed by atoms with Crippen LogP contribution in [0, 0.1) is 13.8 Å². The van der Waals surface area contributed by atoms with E-state index in [-0.39, 0.29) is 11.8 Å². The molecule has 2 amide bonds. The zero-order chi connectivity index (χ0) is 28.5. The number of halogens is 2. The molecule has 0 aliphatic rings. The lowest BCUT2D eigenvalue weighted by atomic mass is 10.1. The lowest BCUT2D eigenvalue weighted by molar-refractivity contribution is 0.0943. The van der Waals surface area contributed by atoms with Crippen molar-refractivity contribution in [2.24, 2.45) is 0 Å². The summed E-state index contributed by atoms with van der Waals surface area (Å²) in [5, 5.41) is 15.1. The van der Waals surface area contributed by atoms with Crippen molar-refractivity contribution in [3.63, 3.8) is 0 Å². The lowest BCUT2D eigenvalue weighted by Crippen LogP contribution is -2.25. The normalized spacial score (nSPS) is 11.0. The van der Waals surface area contributed by atoms with Crippen molar-refractivity contribution < 1.29 is 18.6 Å². The Hall–Kier alpha value is -3.62. The van der Waals surface area contributed by atoms with Crippen LogP contribution in [0.25, 0.3) is 22.5 Å². The van der Waals surface area contributed by atoms with Crippen molar-refractivity contribution in [2.45, 2.75) is 52.4 Å². The van der Waals surface area contributed by atoms with E-state index in [1.807, 2.05) is 36.4 Å². The second-order valence-electron chi connectivity index (χ2n) is 9.52. The first-order chi connectivity index (χ1) is 19.4. The Kier molecular flexibility index (Phi) is 10.4. The van der Waals surface area contributed by atoms with Gasteiger partial charge in [-0.3, -0.25) is 9.59 Å². The summed E-state index contributed by atoms with van der Waals surface area (Å²) >= 11 is 12.6. The molecule has 0 atom stereocenters. The van der Waals surface area contributed by atoms with Crippen LogP contribution in [0.5, 0.6) is 0 Å². The van der Waals surface area contributed by atoms with Crippen LogP contribution in [-0.2, 0) is 0 Å². The van der Waals surface area contributed by atoms with Gasteiger partial charge >= 0.3 is 0 Å². The Bertz CT molecular complexity index is 1350. The zero-order valence-electron chi connectivity index (χ0n) is 22.6. The molecule has 8 nitrogen and oxygen atoms in total. The number of benzene rings is 2. The van der Waals surface area contributed by atoms with Gasteiger partial charge in [0.1, 0.15) is 34.0 Å². The van der Waals surface area contributed by atoms with Crippen LogP contribution >= 0.6 is 23.2 Å². The molecule has 210 valence electrons. The summed E-state index contributed by atoms with van der Waals surface area (Å²) in [6.45, 7) is 4.56. The first kappa shape index (κ1) is 29.4. The highest BCUT2D eigenvalue weighted by Gasteiger charge is 2.23. The molecule has 0 aliphatic heterocycles. The topological polar surface area (TPSA) is 110 Å². The van der Waals surface area contributed by atoms with Gasteiger partial charge in [-0.2, -0.15) is 0 Å². The Labute approximate surface area is 243 Å². The molecule has 0 fully saturated rings. The van der Waals surface area contributed by atoms with Crippen molar-refractivity contribution in [3.05, 3.63) is 81.2 Å². The number of aryl methyl sites for hydroxylation is 2. The summed E-state index contributed by atoms with van der Waals surface area (Å²) in [7, 11) is 0. The minimum atomic E-state index is -0.217. The van der Waals surface area contributed by atoms with Crippen molar-refractivity contribution >= 4 is 35.0 Å². The number of carbonyl (C=O) groups is 2. The van der Waals surface area contributed by atoms with Gasteiger partial charge in [-0.05, 0) is 38.8 Å². The summed E-state index contributed by atoms with van der Waals surface area (Å²) in [4.78, 5) is 25.6. The zero-order valence-corrected chi connectivity index (χ0v) is 24.1. The van der Waals surface area contributed by atoms with Crippen molar-refractivity contribution in [2.75, 3.05) is 13.1 Å². The van der Waals surface area contributed by atoms with Crippen molar-refractivity contribution in [3.8, 4) is 22.5 Å². The molecule has 0 spiro atoms. The Morgan fingerprint density at radius 3 is 1.43 bits per heavy atom. The number of unbranched alkanes of at least 4 members (excludes halogenated alkanes) is 5. The fourth-order valence-electron chi connectivity index (χ4n) is 4.49. The Morgan fingerprint density at radius 2 is 1.02 bits per heavy atom. The van der Waals surface area contributed by atoms with Gasteiger partial charge in [-0.15, -0.1) is 0 Å². The number of carbonyl (C=O) groups excluding carboxylic acids is 2. The highest BCUT2D eigenvalue weighted by Crippen LogP contribution is 2.32. The van der Waals surface area contributed by atoms with Gasteiger partial charge in [-0.25, -0.2) is 0 Å². The van der Waals surface area contributed by atoms with Gasteiger partial charge in [-0.1, -0.05) is 95.6 Å². The fraction of sp³-hybridized carbons (Fsp3) is 0.333. The van der Waals surface area contributed by atoms with Gasteiger partial charge in [0.05, 0.1) is 10.0 Å². The molecule has 2 aromatic heterocycles. The van der Waals surface area contributed by atoms with Gasteiger partial charge in [0.25, 0.3) is 11.8 Å². The van der Waals surface area contributed by atoms with Crippen molar-refractivity contribution in [1.29, 1.82) is 0 Å². The number of nitrogens with zero attached hydrogens (tertiary/aromatic N) is 2. The fourth-order valence-corrected chi connectivity index (χ4v) is 4.94. The number of hydrogen-bond donors (Lipinski definition) is 2. The number of rotatable bonds is 13. The predicted octanol–water partition coefficient (Wildman–Crippen LogP) is 7.42. The number of aromatic nitrogens is 2. The number of amides is 2. The summed E-state index contributed by atoms with van der Waals surface area (Å²) in [5.74, 6) is 0.480. The third-order valence-electron chi connectivity index (χ3n) is 6.61. The van der Waals surface area contributed by atoms with Crippen LogP contribution in [0.1, 0.15) is 70.8 Å². The highest BCUT2D eigenvalue weighted by molar-refractivity contribution is 6.33. The molecule has 4 rings (SSSR count). The summed E-state index contributed by atoms with van der Waals surface area (Å²) in [6.07, 6.45) is 5.81. The average molecular weight is 584 g/mol. The van der Waals surface area contributed by atoms with E-state index in [0.29, 0.717) is 68.3 Å². The maximum absolute atomic E-state index is 12.8. The van der Waals surface area contributed by atoms with Crippen LogP contribution in [0.4, 0.5) is 0 Å². The second-order valence-corrected chi connectivity index (χ2v) is 10.3. The average Bonchev–Trinajstić information content (AvgIpc) is 3.52. The molecule has 2 heterocycles. The van der Waals surface area contributed by atoms with E-state index in [1.54, 1.807) is 26.0 Å². The smallest absolute Gasteiger partial charge is 0.257 e. The Balaban J connectivity index is 1.13. The van der Waals surface area contributed by atoms with Crippen molar-refractivity contribution in [1.82, 2.24) is 20.9 Å². The van der Waals surface area contributed by atoms with Crippen LogP contribution in [0.3, 0.4) is 0 Å². The van der Waals surface area contributed by atoms with E-state index >= 15 is 0 Å². The lowest BCUT2D eigenvalue weighted by Gasteiger charge is -2.08. The van der Waals surface area contributed by atoms with Gasteiger partial charge < -0.3 is 19.7 Å². The summed E-state index contributed by atoms with van der Waals surface area (Å²) < 4.78 is 10.6. The van der Waals surface area contributed by atoms with Crippen LogP contribution in [-0.4, -0.2) is 35.2 Å². The Morgan fingerprint density at radius 1 is 0.650 bits per heavy atom. The van der Waals surface area contributed by atoms with E-state index in [4.69, 9.17) is 32.2 Å². The van der Waals surface area contributed by atoms with E-state index in [1.165, 1.54) is 0 Å².